The van der Waals surface area contributed by atoms with Gasteiger partial charge >= 0.3 is 6.08 Å². The van der Waals surface area contributed by atoms with E-state index in [4.69, 9.17) is 15.2 Å². The molecule has 3 N–H and O–H groups in total. The van der Waals surface area contributed by atoms with Crippen molar-refractivity contribution in [3.63, 3.8) is 0 Å². The van der Waals surface area contributed by atoms with Crippen LogP contribution in [0.15, 0.2) is 12.1 Å². The van der Waals surface area contributed by atoms with Gasteiger partial charge in [-0.2, -0.15) is 14.4 Å². The highest BCUT2D eigenvalue weighted by molar-refractivity contribution is 7.90. The SMILES string of the molecule is Cc1cc2c(cc1Cc1nc3c(N)nc(F)nc3n1CCCNS(=O)(=O)C1CC1)OCO2. The minimum atomic E-state index is -3.26. The fourth-order valence-electron chi connectivity index (χ4n) is 3.80. The zero-order chi connectivity index (χ0) is 22.5. The van der Waals surface area contributed by atoms with Crippen molar-refractivity contribution < 1.29 is 22.3 Å². The first-order valence-corrected chi connectivity index (χ1v) is 11.9. The Bertz CT molecular complexity index is 1310. The lowest BCUT2D eigenvalue weighted by molar-refractivity contribution is 0.174. The third-order valence-electron chi connectivity index (χ3n) is 5.68. The number of nitrogens with one attached hydrogen (secondary N) is 1. The highest BCUT2D eigenvalue weighted by atomic mass is 32.2. The zero-order valence-corrected chi connectivity index (χ0v) is 18.3. The number of nitrogens with zero attached hydrogens (tertiary/aromatic N) is 4. The number of hydrogen-bond donors (Lipinski definition) is 2. The number of fused-ring (bicyclic) bond motifs is 2. The standard InChI is InChI=1S/C20H23FN6O4S/c1-11-7-14-15(31-10-30-14)8-12(11)9-16-24-17-18(22)25-20(21)26-19(17)27(16)6-2-5-23-32(28,29)13-3-4-13/h7-8,13,23H,2-6,9-10H2,1H3,(H2,22,25,26). The molecule has 0 bridgehead atoms. The van der Waals surface area contributed by atoms with Crippen molar-refractivity contribution in [1.82, 2.24) is 24.2 Å². The smallest absolute Gasteiger partial charge is 0.312 e. The highest BCUT2D eigenvalue weighted by Gasteiger charge is 2.35. The molecule has 0 radical (unpaired) electrons. The van der Waals surface area contributed by atoms with Crippen molar-refractivity contribution >= 4 is 27.0 Å². The molecule has 1 saturated carbocycles. The van der Waals surface area contributed by atoms with Gasteiger partial charge in [0, 0.05) is 19.5 Å². The van der Waals surface area contributed by atoms with Crippen LogP contribution in [0, 0.1) is 13.0 Å². The Hall–Kier alpha value is -2.99. The van der Waals surface area contributed by atoms with Gasteiger partial charge in [-0.3, -0.25) is 0 Å². The van der Waals surface area contributed by atoms with E-state index >= 15 is 0 Å². The van der Waals surface area contributed by atoms with Gasteiger partial charge in [-0.15, -0.1) is 0 Å². The van der Waals surface area contributed by atoms with Crippen molar-refractivity contribution in [3.8, 4) is 11.5 Å². The second-order valence-corrected chi connectivity index (χ2v) is 10.1. The zero-order valence-electron chi connectivity index (χ0n) is 17.5. The number of anilines is 1. The summed E-state index contributed by atoms with van der Waals surface area (Å²) in [4.78, 5) is 12.1. The van der Waals surface area contributed by atoms with Crippen molar-refractivity contribution in [2.45, 2.75) is 44.4 Å². The van der Waals surface area contributed by atoms with Crippen LogP contribution in [-0.2, 0) is 23.0 Å². The maximum absolute atomic E-state index is 13.9. The van der Waals surface area contributed by atoms with E-state index in [-0.39, 0.29) is 30.1 Å². The van der Waals surface area contributed by atoms with Crippen LogP contribution in [0.25, 0.3) is 11.2 Å². The summed E-state index contributed by atoms with van der Waals surface area (Å²) < 4.78 is 53.3. The normalized spacial score (nSPS) is 15.6. The number of hydrogen-bond acceptors (Lipinski definition) is 8. The van der Waals surface area contributed by atoms with Gasteiger partial charge in [-0.1, -0.05) is 0 Å². The summed E-state index contributed by atoms with van der Waals surface area (Å²) in [6, 6.07) is 3.81. The summed E-state index contributed by atoms with van der Waals surface area (Å²) in [6.07, 6.45) is 1.38. The molecule has 2 aromatic heterocycles. The number of halogens is 1. The van der Waals surface area contributed by atoms with Crippen molar-refractivity contribution in [2.24, 2.45) is 0 Å². The van der Waals surface area contributed by atoms with E-state index in [1.54, 1.807) is 4.57 Å². The molecule has 3 heterocycles. The molecule has 1 aliphatic carbocycles. The van der Waals surface area contributed by atoms with Gasteiger partial charge in [0.05, 0.1) is 5.25 Å². The summed E-state index contributed by atoms with van der Waals surface area (Å²) in [5, 5.41) is -0.275. The van der Waals surface area contributed by atoms with Crippen LogP contribution in [0.2, 0.25) is 0 Å². The van der Waals surface area contributed by atoms with Gasteiger partial charge < -0.3 is 19.8 Å². The number of imidazole rings is 1. The lowest BCUT2D eigenvalue weighted by atomic mass is 10.0. The molecule has 0 spiro atoms. The maximum Gasteiger partial charge on any atom is 0.312 e. The van der Waals surface area contributed by atoms with Crippen LogP contribution in [-0.4, -0.2) is 46.5 Å². The monoisotopic (exact) mass is 462 g/mol. The Morgan fingerprint density at radius 1 is 1.22 bits per heavy atom. The third-order valence-corrected chi connectivity index (χ3v) is 7.63. The predicted molar refractivity (Wildman–Crippen MR) is 114 cm³/mol. The molecule has 10 nitrogen and oxygen atoms in total. The molecule has 1 aromatic carbocycles. The van der Waals surface area contributed by atoms with E-state index < -0.39 is 16.1 Å². The third kappa shape index (κ3) is 3.95. The first-order valence-electron chi connectivity index (χ1n) is 10.4. The number of nitrogens with two attached hydrogens (primary N) is 1. The van der Waals surface area contributed by atoms with Gasteiger partial charge in [0.15, 0.2) is 28.5 Å². The number of sulfonamides is 1. The Labute approximate surface area is 184 Å². The molecular formula is C20H23FN6O4S. The summed E-state index contributed by atoms with van der Waals surface area (Å²) in [6.45, 7) is 2.80. The molecule has 2 aliphatic rings. The average Bonchev–Trinajstić information content (AvgIpc) is 3.42. The van der Waals surface area contributed by atoms with Crippen molar-refractivity contribution in [3.05, 3.63) is 35.2 Å². The van der Waals surface area contributed by atoms with E-state index in [1.807, 2.05) is 19.1 Å². The second kappa shape index (κ2) is 7.85. The van der Waals surface area contributed by atoms with Gasteiger partial charge in [0.1, 0.15) is 5.82 Å². The van der Waals surface area contributed by atoms with Crippen LogP contribution in [0.1, 0.15) is 36.2 Å². The van der Waals surface area contributed by atoms with E-state index in [0.717, 1.165) is 11.1 Å². The molecule has 5 rings (SSSR count). The van der Waals surface area contributed by atoms with Gasteiger partial charge in [-0.05, 0) is 49.4 Å². The highest BCUT2D eigenvalue weighted by Crippen LogP contribution is 2.35. The minimum Gasteiger partial charge on any atom is -0.454 e. The fourth-order valence-corrected chi connectivity index (χ4v) is 5.22. The van der Waals surface area contributed by atoms with Crippen LogP contribution in [0.4, 0.5) is 10.2 Å². The van der Waals surface area contributed by atoms with Gasteiger partial charge in [-0.25, -0.2) is 18.1 Å². The number of aryl methyl sites for hydroxylation is 2. The summed E-state index contributed by atoms with van der Waals surface area (Å²) in [7, 11) is -3.26. The van der Waals surface area contributed by atoms with Crippen LogP contribution in [0.5, 0.6) is 11.5 Å². The average molecular weight is 463 g/mol. The van der Waals surface area contributed by atoms with E-state index in [1.165, 1.54) is 0 Å². The number of aromatic nitrogens is 4. The Kier molecular flexibility index (Phi) is 5.13. The molecule has 32 heavy (non-hydrogen) atoms. The molecule has 12 heteroatoms. The Morgan fingerprint density at radius 2 is 1.97 bits per heavy atom. The molecule has 0 amide bonds. The lowest BCUT2D eigenvalue weighted by Crippen LogP contribution is -2.28. The van der Waals surface area contributed by atoms with Crippen molar-refractivity contribution in [2.75, 3.05) is 19.1 Å². The quantitative estimate of drug-likeness (QED) is 0.381. The van der Waals surface area contributed by atoms with Gasteiger partial charge in [0.2, 0.25) is 16.8 Å². The first kappa shape index (κ1) is 20.9. The fraction of sp³-hybridized carbons (Fsp3) is 0.450. The number of ether oxygens (including phenoxy) is 2. The number of nitrogen functional groups attached to an aromatic ring is 1. The predicted octanol–water partition coefficient (Wildman–Crippen LogP) is 1.65. The second-order valence-electron chi connectivity index (χ2n) is 8.03. The molecule has 170 valence electrons. The van der Waals surface area contributed by atoms with E-state index in [9.17, 15) is 12.8 Å². The maximum atomic E-state index is 13.9. The Balaban J connectivity index is 1.43. The summed E-state index contributed by atoms with van der Waals surface area (Å²) in [5.41, 5.74) is 8.46. The molecule has 1 fully saturated rings. The summed E-state index contributed by atoms with van der Waals surface area (Å²) >= 11 is 0. The largest absolute Gasteiger partial charge is 0.454 e. The van der Waals surface area contributed by atoms with E-state index in [0.29, 0.717) is 55.1 Å². The number of rotatable bonds is 8. The van der Waals surface area contributed by atoms with Crippen LogP contribution < -0.4 is 19.9 Å². The molecule has 0 atom stereocenters. The van der Waals surface area contributed by atoms with Gasteiger partial charge in [0.25, 0.3) is 0 Å². The molecular weight excluding hydrogens is 439 g/mol. The number of benzene rings is 1. The molecule has 0 saturated heterocycles. The van der Waals surface area contributed by atoms with Crippen molar-refractivity contribution in [1.29, 1.82) is 0 Å². The Morgan fingerprint density at radius 3 is 2.72 bits per heavy atom. The molecule has 1 aliphatic heterocycles. The van der Waals surface area contributed by atoms with Crippen LogP contribution >= 0.6 is 0 Å². The molecule has 0 unspecified atom stereocenters. The summed E-state index contributed by atoms with van der Waals surface area (Å²) in [5.74, 6) is 1.94. The molecule has 3 aromatic rings. The topological polar surface area (TPSA) is 134 Å². The minimum absolute atomic E-state index is 0.0376. The van der Waals surface area contributed by atoms with E-state index in [2.05, 4.69) is 19.7 Å². The lowest BCUT2D eigenvalue weighted by Gasteiger charge is -2.11. The van der Waals surface area contributed by atoms with Crippen LogP contribution in [0.3, 0.4) is 0 Å². The first-order chi connectivity index (χ1) is 15.3.